The molecule has 5 nitrogen and oxygen atoms in total. The molecular formula is C19H25FN4O. The average Bonchev–Trinajstić information content (AvgIpc) is 3.28. The van der Waals surface area contributed by atoms with Gasteiger partial charge in [-0.2, -0.15) is 5.10 Å². The summed E-state index contributed by atoms with van der Waals surface area (Å²) < 4.78 is 20.4. The van der Waals surface area contributed by atoms with Gasteiger partial charge < -0.3 is 4.74 Å². The summed E-state index contributed by atoms with van der Waals surface area (Å²) in [5.74, 6) is -0.200. The van der Waals surface area contributed by atoms with E-state index in [-0.39, 0.29) is 5.82 Å². The fourth-order valence-electron chi connectivity index (χ4n) is 3.81. The normalized spacial score (nSPS) is 22.5. The van der Waals surface area contributed by atoms with E-state index in [1.807, 2.05) is 23.0 Å². The number of halogens is 1. The largest absolute Gasteiger partial charge is 0.379 e. The number of rotatable bonds is 5. The van der Waals surface area contributed by atoms with Crippen LogP contribution in [0.1, 0.15) is 17.5 Å². The van der Waals surface area contributed by atoms with Crippen LogP contribution in [0.15, 0.2) is 36.7 Å². The van der Waals surface area contributed by atoms with E-state index in [0.717, 1.165) is 51.5 Å². The first kappa shape index (κ1) is 16.7. The lowest BCUT2D eigenvalue weighted by Gasteiger charge is -2.32. The number of hydrogen-bond donors (Lipinski definition) is 0. The summed E-state index contributed by atoms with van der Waals surface area (Å²) >= 11 is 0. The molecule has 0 radical (unpaired) electrons. The zero-order valence-electron chi connectivity index (χ0n) is 14.5. The molecular weight excluding hydrogens is 319 g/mol. The number of likely N-dealkylation sites (tertiary alicyclic amines) is 1. The van der Waals surface area contributed by atoms with Crippen molar-refractivity contribution >= 4 is 0 Å². The van der Waals surface area contributed by atoms with Gasteiger partial charge in [0.1, 0.15) is 5.82 Å². The van der Waals surface area contributed by atoms with Crippen LogP contribution >= 0.6 is 0 Å². The summed E-state index contributed by atoms with van der Waals surface area (Å²) in [7, 11) is 0. The zero-order chi connectivity index (χ0) is 17.1. The Morgan fingerprint density at radius 2 is 1.84 bits per heavy atom. The zero-order valence-corrected chi connectivity index (χ0v) is 14.5. The highest BCUT2D eigenvalue weighted by atomic mass is 19.1. The van der Waals surface area contributed by atoms with Crippen LogP contribution in [0, 0.1) is 5.82 Å². The lowest BCUT2D eigenvalue weighted by molar-refractivity contribution is 0.0184. The Morgan fingerprint density at radius 1 is 1.04 bits per heavy atom. The van der Waals surface area contributed by atoms with Crippen molar-refractivity contribution in [3.63, 3.8) is 0 Å². The van der Waals surface area contributed by atoms with Crippen molar-refractivity contribution in [3.8, 4) is 0 Å². The van der Waals surface area contributed by atoms with Crippen LogP contribution in [-0.2, 0) is 17.8 Å². The molecule has 1 atom stereocenters. The summed E-state index contributed by atoms with van der Waals surface area (Å²) in [6.45, 7) is 7.76. The monoisotopic (exact) mass is 344 g/mol. The van der Waals surface area contributed by atoms with E-state index < -0.39 is 0 Å². The predicted molar refractivity (Wildman–Crippen MR) is 93.8 cm³/mol. The van der Waals surface area contributed by atoms with Crippen molar-refractivity contribution < 1.29 is 9.13 Å². The Kier molecular flexibility index (Phi) is 5.10. The van der Waals surface area contributed by atoms with E-state index in [4.69, 9.17) is 4.74 Å². The van der Waals surface area contributed by atoms with Gasteiger partial charge in [0.05, 0.1) is 26.0 Å². The summed E-state index contributed by atoms with van der Waals surface area (Å²) in [6, 6.07) is 7.28. The van der Waals surface area contributed by atoms with E-state index >= 15 is 0 Å². The first-order chi connectivity index (χ1) is 12.3. The average molecular weight is 344 g/mol. The molecule has 25 heavy (non-hydrogen) atoms. The van der Waals surface area contributed by atoms with Crippen LogP contribution < -0.4 is 0 Å². The molecule has 2 saturated heterocycles. The minimum atomic E-state index is -0.200. The molecule has 2 fully saturated rings. The molecule has 2 aromatic rings. The Hall–Kier alpha value is -1.76. The second kappa shape index (κ2) is 7.64. The Balaban J connectivity index is 1.30. The van der Waals surface area contributed by atoms with Crippen LogP contribution in [0.5, 0.6) is 0 Å². The van der Waals surface area contributed by atoms with Gasteiger partial charge in [-0.05, 0) is 24.1 Å². The van der Waals surface area contributed by atoms with Gasteiger partial charge in [0.25, 0.3) is 0 Å². The first-order valence-electron chi connectivity index (χ1n) is 9.06. The Morgan fingerprint density at radius 3 is 2.64 bits per heavy atom. The molecule has 4 rings (SSSR count). The van der Waals surface area contributed by atoms with Crippen LogP contribution in [-0.4, -0.2) is 65.0 Å². The number of morpholine rings is 1. The molecule has 0 N–H and O–H groups in total. The lowest BCUT2D eigenvalue weighted by atomic mass is 10.2. The quantitative estimate of drug-likeness (QED) is 0.831. The Bertz CT molecular complexity index is 681. The number of ether oxygens (including phenoxy) is 1. The molecule has 0 spiro atoms. The highest BCUT2D eigenvalue weighted by Gasteiger charge is 2.28. The third-order valence-electron chi connectivity index (χ3n) is 5.16. The van der Waals surface area contributed by atoms with E-state index in [1.165, 1.54) is 24.1 Å². The smallest absolute Gasteiger partial charge is 0.123 e. The highest BCUT2D eigenvalue weighted by molar-refractivity contribution is 5.17. The molecule has 0 amide bonds. The predicted octanol–water partition coefficient (Wildman–Crippen LogP) is 1.98. The van der Waals surface area contributed by atoms with E-state index in [0.29, 0.717) is 12.6 Å². The molecule has 6 heteroatoms. The number of nitrogens with zero attached hydrogens (tertiary/aromatic N) is 4. The van der Waals surface area contributed by atoms with Crippen LogP contribution in [0.2, 0.25) is 0 Å². The highest BCUT2D eigenvalue weighted by Crippen LogP contribution is 2.19. The van der Waals surface area contributed by atoms with Gasteiger partial charge in [-0.1, -0.05) is 12.1 Å². The van der Waals surface area contributed by atoms with Crippen molar-refractivity contribution in [2.75, 3.05) is 39.4 Å². The molecule has 2 aliphatic heterocycles. The molecule has 1 aromatic heterocycles. The number of aromatic nitrogens is 2. The summed E-state index contributed by atoms with van der Waals surface area (Å²) in [6.07, 6.45) is 5.29. The van der Waals surface area contributed by atoms with Gasteiger partial charge in [0.2, 0.25) is 0 Å². The first-order valence-corrected chi connectivity index (χ1v) is 9.06. The molecule has 134 valence electrons. The fraction of sp³-hybridized carbons (Fsp3) is 0.526. The molecule has 2 aliphatic rings. The maximum Gasteiger partial charge on any atom is 0.123 e. The molecule has 1 aromatic carbocycles. The van der Waals surface area contributed by atoms with Crippen molar-refractivity contribution in [1.29, 1.82) is 0 Å². The van der Waals surface area contributed by atoms with Gasteiger partial charge in [-0.15, -0.1) is 0 Å². The van der Waals surface area contributed by atoms with Crippen molar-refractivity contribution in [2.24, 2.45) is 0 Å². The second-order valence-electron chi connectivity index (χ2n) is 7.00. The minimum Gasteiger partial charge on any atom is -0.379 e. The van der Waals surface area contributed by atoms with Gasteiger partial charge in [-0.3, -0.25) is 14.5 Å². The van der Waals surface area contributed by atoms with Crippen LogP contribution in [0.25, 0.3) is 0 Å². The van der Waals surface area contributed by atoms with Gasteiger partial charge in [0.15, 0.2) is 0 Å². The third kappa shape index (κ3) is 4.26. The topological polar surface area (TPSA) is 33.5 Å². The standard InChI is InChI=1S/C19H25FN4O/c20-18-3-1-16(2-4-18)13-24-14-17(11-21-24)12-22-6-5-19(15-22)23-7-9-25-10-8-23/h1-4,11,14,19H,5-10,12-13,15H2/t19-/m1/s1. The van der Waals surface area contributed by atoms with Crippen molar-refractivity contribution in [3.05, 3.63) is 53.6 Å². The van der Waals surface area contributed by atoms with E-state index in [1.54, 1.807) is 0 Å². The fourth-order valence-corrected chi connectivity index (χ4v) is 3.81. The van der Waals surface area contributed by atoms with Gasteiger partial charge >= 0.3 is 0 Å². The SMILES string of the molecule is Fc1ccc(Cn2cc(CN3CC[C@@H](N4CCOCC4)C3)cn2)cc1. The van der Waals surface area contributed by atoms with E-state index in [9.17, 15) is 4.39 Å². The van der Waals surface area contributed by atoms with E-state index in [2.05, 4.69) is 21.1 Å². The minimum absolute atomic E-state index is 0.200. The van der Waals surface area contributed by atoms with Crippen molar-refractivity contribution in [1.82, 2.24) is 19.6 Å². The van der Waals surface area contributed by atoms with Crippen LogP contribution in [0.4, 0.5) is 4.39 Å². The molecule has 3 heterocycles. The summed E-state index contributed by atoms with van der Waals surface area (Å²) in [5.41, 5.74) is 2.30. The van der Waals surface area contributed by atoms with Gasteiger partial charge in [-0.25, -0.2) is 4.39 Å². The number of benzene rings is 1. The Labute approximate surface area is 148 Å². The molecule has 0 aliphatic carbocycles. The van der Waals surface area contributed by atoms with Gasteiger partial charge in [0, 0.05) is 50.5 Å². The van der Waals surface area contributed by atoms with Crippen LogP contribution in [0.3, 0.4) is 0 Å². The van der Waals surface area contributed by atoms with Crippen molar-refractivity contribution in [2.45, 2.75) is 25.6 Å². The third-order valence-corrected chi connectivity index (χ3v) is 5.16. The number of hydrogen-bond acceptors (Lipinski definition) is 4. The molecule has 0 unspecified atom stereocenters. The lowest BCUT2D eigenvalue weighted by Crippen LogP contribution is -2.44. The second-order valence-corrected chi connectivity index (χ2v) is 7.00. The molecule has 0 bridgehead atoms. The maximum atomic E-state index is 13.0. The maximum absolute atomic E-state index is 13.0. The molecule has 0 saturated carbocycles. The summed E-state index contributed by atoms with van der Waals surface area (Å²) in [4.78, 5) is 5.08. The summed E-state index contributed by atoms with van der Waals surface area (Å²) in [5, 5.41) is 4.45.